The Bertz CT molecular complexity index is 629. The van der Waals surface area contributed by atoms with E-state index >= 15 is 0 Å². The molecule has 1 fully saturated rings. The number of carbonyl (C=O) groups is 1. The molecule has 2 aromatic heterocycles. The Kier molecular flexibility index (Phi) is 2.77. The van der Waals surface area contributed by atoms with Gasteiger partial charge in [0.2, 0.25) is 0 Å². The molecule has 0 amide bonds. The average Bonchev–Trinajstić information content (AvgIpc) is 2.67. The smallest absolute Gasteiger partial charge is 0.319 e. The van der Waals surface area contributed by atoms with Crippen molar-refractivity contribution in [1.82, 2.24) is 14.5 Å². The van der Waals surface area contributed by atoms with E-state index in [4.69, 9.17) is 4.74 Å². The fourth-order valence-corrected chi connectivity index (χ4v) is 2.77. The van der Waals surface area contributed by atoms with Crippen LogP contribution in [0.2, 0.25) is 0 Å². The molecule has 100 valence electrons. The van der Waals surface area contributed by atoms with Crippen molar-refractivity contribution in [2.24, 2.45) is 7.05 Å². The van der Waals surface area contributed by atoms with Crippen LogP contribution in [0.3, 0.4) is 0 Å². The summed E-state index contributed by atoms with van der Waals surface area (Å²) in [6, 6.07) is 3.85. The van der Waals surface area contributed by atoms with Gasteiger partial charge in [-0.05, 0) is 31.9 Å². The fraction of sp³-hybridized carbons (Fsp3) is 0.500. The maximum Gasteiger partial charge on any atom is 0.319 e. The summed E-state index contributed by atoms with van der Waals surface area (Å²) in [5, 5.41) is 0. The minimum atomic E-state index is -0.564. The number of imidazole rings is 1. The summed E-state index contributed by atoms with van der Waals surface area (Å²) in [5.74, 6) is 0.630. The van der Waals surface area contributed by atoms with Crippen molar-refractivity contribution in [3.05, 3.63) is 24.2 Å². The fourth-order valence-electron chi connectivity index (χ4n) is 2.77. The number of aryl methyl sites for hydroxylation is 1. The van der Waals surface area contributed by atoms with Crippen LogP contribution in [0.1, 0.15) is 32.0 Å². The lowest BCUT2D eigenvalue weighted by Gasteiger charge is -2.38. The first-order valence-electron chi connectivity index (χ1n) is 6.64. The molecule has 2 heterocycles. The van der Waals surface area contributed by atoms with E-state index in [0.29, 0.717) is 12.3 Å². The van der Waals surface area contributed by atoms with E-state index < -0.39 is 5.41 Å². The summed E-state index contributed by atoms with van der Waals surface area (Å²) in [5.41, 5.74) is 1.08. The van der Waals surface area contributed by atoms with Crippen LogP contribution >= 0.6 is 0 Å². The van der Waals surface area contributed by atoms with E-state index in [9.17, 15) is 4.79 Å². The molecule has 1 saturated carbocycles. The quantitative estimate of drug-likeness (QED) is 0.791. The molecular weight excluding hydrogens is 242 g/mol. The lowest BCUT2D eigenvalue weighted by molar-refractivity contribution is -0.154. The van der Waals surface area contributed by atoms with Crippen molar-refractivity contribution in [2.75, 3.05) is 6.61 Å². The van der Waals surface area contributed by atoms with Crippen molar-refractivity contribution in [1.29, 1.82) is 0 Å². The summed E-state index contributed by atoms with van der Waals surface area (Å²) in [6.45, 7) is 2.24. The van der Waals surface area contributed by atoms with Gasteiger partial charge in [-0.1, -0.05) is 6.42 Å². The molecule has 0 radical (unpaired) electrons. The van der Waals surface area contributed by atoms with Crippen molar-refractivity contribution in [2.45, 2.75) is 31.6 Å². The Hall–Kier alpha value is -1.91. The Morgan fingerprint density at radius 3 is 2.89 bits per heavy atom. The molecule has 1 aliphatic rings. The monoisotopic (exact) mass is 259 g/mol. The molecule has 0 bridgehead atoms. The summed E-state index contributed by atoms with van der Waals surface area (Å²) < 4.78 is 7.21. The van der Waals surface area contributed by atoms with E-state index in [0.717, 1.165) is 30.6 Å². The van der Waals surface area contributed by atoms with Gasteiger partial charge in [-0.25, -0.2) is 9.97 Å². The molecule has 0 atom stereocenters. The molecule has 5 nitrogen and oxygen atoms in total. The van der Waals surface area contributed by atoms with Gasteiger partial charge in [-0.2, -0.15) is 0 Å². The van der Waals surface area contributed by atoms with Crippen LogP contribution in [0.4, 0.5) is 0 Å². The molecule has 1 aliphatic carbocycles. The number of ether oxygens (including phenoxy) is 1. The predicted octanol–water partition coefficient (Wildman–Crippen LogP) is 1.95. The highest BCUT2D eigenvalue weighted by Gasteiger charge is 2.50. The van der Waals surface area contributed by atoms with Crippen LogP contribution in [0, 0.1) is 0 Å². The second-order valence-electron chi connectivity index (χ2n) is 5.00. The zero-order valence-corrected chi connectivity index (χ0v) is 11.2. The summed E-state index contributed by atoms with van der Waals surface area (Å²) in [4.78, 5) is 21.1. The highest BCUT2D eigenvalue weighted by molar-refractivity contribution is 5.85. The molecule has 0 unspecified atom stereocenters. The van der Waals surface area contributed by atoms with Crippen LogP contribution < -0.4 is 0 Å². The zero-order chi connectivity index (χ0) is 13.5. The van der Waals surface area contributed by atoms with Crippen LogP contribution in [0.5, 0.6) is 0 Å². The standard InChI is InChI=1S/C14H17N3O2/c1-3-19-13(18)14(7-5-8-14)12-16-11-10(17(12)2)6-4-9-15-11/h4,6,9H,3,5,7-8H2,1-2H3. The normalized spacial score (nSPS) is 17.2. The molecule has 5 heteroatoms. The minimum Gasteiger partial charge on any atom is -0.465 e. The molecular formula is C14H17N3O2. The molecule has 0 aromatic carbocycles. The Labute approximate surface area is 111 Å². The van der Waals surface area contributed by atoms with Gasteiger partial charge >= 0.3 is 5.97 Å². The number of hydrogen-bond donors (Lipinski definition) is 0. The number of carbonyl (C=O) groups excluding carboxylic acids is 1. The lowest BCUT2D eigenvalue weighted by Crippen LogP contribution is -2.45. The van der Waals surface area contributed by atoms with Gasteiger partial charge in [0.05, 0.1) is 12.1 Å². The van der Waals surface area contributed by atoms with E-state index in [1.165, 1.54) is 0 Å². The third-order valence-electron chi connectivity index (χ3n) is 3.96. The number of nitrogens with zero attached hydrogens (tertiary/aromatic N) is 3. The van der Waals surface area contributed by atoms with Gasteiger partial charge in [-0.3, -0.25) is 4.79 Å². The number of fused-ring (bicyclic) bond motifs is 1. The van der Waals surface area contributed by atoms with Gasteiger partial charge in [0.1, 0.15) is 11.2 Å². The first-order valence-corrected chi connectivity index (χ1v) is 6.64. The van der Waals surface area contributed by atoms with E-state index in [-0.39, 0.29) is 5.97 Å². The Balaban J connectivity index is 2.11. The van der Waals surface area contributed by atoms with Crippen LogP contribution in [-0.2, 0) is 22.0 Å². The third kappa shape index (κ3) is 1.64. The summed E-state index contributed by atoms with van der Waals surface area (Å²) in [7, 11) is 1.94. The Morgan fingerprint density at radius 1 is 1.53 bits per heavy atom. The molecule has 0 aliphatic heterocycles. The number of aromatic nitrogens is 3. The second-order valence-corrected chi connectivity index (χ2v) is 5.00. The SMILES string of the molecule is CCOC(=O)C1(c2nc3ncccc3n2C)CCC1. The number of rotatable bonds is 3. The van der Waals surface area contributed by atoms with Gasteiger partial charge in [-0.15, -0.1) is 0 Å². The lowest BCUT2D eigenvalue weighted by atomic mass is 9.68. The molecule has 0 spiro atoms. The van der Waals surface area contributed by atoms with Gasteiger partial charge in [0.15, 0.2) is 5.65 Å². The van der Waals surface area contributed by atoms with Crippen LogP contribution in [0.25, 0.3) is 11.2 Å². The topological polar surface area (TPSA) is 57.0 Å². The highest BCUT2D eigenvalue weighted by atomic mass is 16.5. The number of pyridine rings is 1. The molecule has 2 aromatic rings. The zero-order valence-electron chi connectivity index (χ0n) is 11.2. The molecule has 3 rings (SSSR count). The molecule has 19 heavy (non-hydrogen) atoms. The van der Waals surface area contributed by atoms with E-state index in [1.54, 1.807) is 6.20 Å². The molecule has 0 N–H and O–H groups in total. The Morgan fingerprint density at radius 2 is 2.32 bits per heavy atom. The number of esters is 1. The maximum atomic E-state index is 12.3. The summed E-state index contributed by atoms with van der Waals surface area (Å²) >= 11 is 0. The number of hydrogen-bond acceptors (Lipinski definition) is 4. The van der Waals surface area contributed by atoms with Crippen molar-refractivity contribution in [3.63, 3.8) is 0 Å². The maximum absolute atomic E-state index is 12.3. The van der Waals surface area contributed by atoms with E-state index in [1.807, 2.05) is 30.7 Å². The van der Waals surface area contributed by atoms with E-state index in [2.05, 4.69) is 9.97 Å². The second kappa shape index (κ2) is 4.33. The van der Waals surface area contributed by atoms with Gasteiger partial charge < -0.3 is 9.30 Å². The summed E-state index contributed by atoms with van der Waals surface area (Å²) in [6.07, 6.45) is 4.37. The predicted molar refractivity (Wildman–Crippen MR) is 70.7 cm³/mol. The van der Waals surface area contributed by atoms with Crippen molar-refractivity contribution >= 4 is 17.1 Å². The minimum absolute atomic E-state index is 0.153. The average molecular weight is 259 g/mol. The van der Waals surface area contributed by atoms with Gasteiger partial charge in [0.25, 0.3) is 0 Å². The van der Waals surface area contributed by atoms with Gasteiger partial charge in [0, 0.05) is 13.2 Å². The largest absolute Gasteiger partial charge is 0.465 e. The first-order chi connectivity index (χ1) is 9.19. The third-order valence-corrected chi connectivity index (χ3v) is 3.96. The van der Waals surface area contributed by atoms with Crippen molar-refractivity contribution < 1.29 is 9.53 Å². The van der Waals surface area contributed by atoms with Crippen LogP contribution in [0.15, 0.2) is 18.3 Å². The van der Waals surface area contributed by atoms with Crippen LogP contribution in [-0.4, -0.2) is 27.1 Å². The molecule has 0 saturated heterocycles. The first kappa shape index (κ1) is 12.1. The highest BCUT2D eigenvalue weighted by Crippen LogP contribution is 2.44. The van der Waals surface area contributed by atoms with Crippen molar-refractivity contribution in [3.8, 4) is 0 Å².